The molecule has 0 bridgehead atoms. The first-order chi connectivity index (χ1) is 15.1. The Kier molecular flexibility index (Phi) is 5.02. The second-order valence-electron chi connectivity index (χ2n) is 8.37. The SMILES string of the molecule is CN(Cc1ccncc1)C(=O)c1ccc2[nH]c(=O)c3cnc(C4CCCCC4)n3c2c1. The van der Waals surface area contributed by atoms with Crippen LogP contribution in [-0.4, -0.2) is 37.2 Å². The van der Waals surface area contributed by atoms with Gasteiger partial charge in [-0.1, -0.05) is 19.3 Å². The van der Waals surface area contributed by atoms with E-state index in [9.17, 15) is 9.59 Å². The van der Waals surface area contributed by atoms with Gasteiger partial charge >= 0.3 is 0 Å². The summed E-state index contributed by atoms with van der Waals surface area (Å²) in [5, 5.41) is 0. The summed E-state index contributed by atoms with van der Waals surface area (Å²) in [5.74, 6) is 1.20. The molecule has 0 aliphatic heterocycles. The summed E-state index contributed by atoms with van der Waals surface area (Å²) < 4.78 is 1.96. The lowest BCUT2D eigenvalue weighted by Gasteiger charge is -2.21. The molecule has 0 unspecified atom stereocenters. The van der Waals surface area contributed by atoms with Gasteiger partial charge in [-0.3, -0.25) is 19.0 Å². The highest BCUT2D eigenvalue weighted by atomic mass is 16.2. The van der Waals surface area contributed by atoms with Crippen LogP contribution in [0.1, 0.15) is 59.8 Å². The van der Waals surface area contributed by atoms with Crippen molar-refractivity contribution >= 4 is 22.5 Å². The highest BCUT2D eigenvalue weighted by Gasteiger charge is 2.22. The number of carbonyl (C=O) groups is 1. The minimum atomic E-state index is -0.157. The van der Waals surface area contributed by atoms with E-state index in [-0.39, 0.29) is 11.5 Å². The number of H-pyrrole nitrogens is 1. The molecule has 0 atom stereocenters. The van der Waals surface area contributed by atoms with Crippen LogP contribution < -0.4 is 5.56 Å². The lowest BCUT2D eigenvalue weighted by molar-refractivity contribution is 0.0785. The summed E-state index contributed by atoms with van der Waals surface area (Å²) in [6, 6.07) is 9.26. The number of hydrogen-bond donors (Lipinski definition) is 1. The molecule has 1 aliphatic rings. The Labute approximate surface area is 179 Å². The Balaban J connectivity index is 1.57. The molecule has 0 saturated heterocycles. The van der Waals surface area contributed by atoms with E-state index in [2.05, 4.69) is 15.0 Å². The van der Waals surface area contributed by atoms with Gasteiger partial charge in [-0.2, -0.15) is 0 Å². The van der Waals surface area contributed by atoms with Crippen molar-refractivity contribution in [1.29, 1.82) is 0 Å². The smallest absolute Gasteiger partial charge is 0.274 e. The van der Waals surface area contributed by atoms with E-state index in [1.807, 2.05) is 28.7 Å². The van der Waals surface area contributed by atoms with Gasteiger partial charge in [0.15, 0.2) is 0 Å². The second kappa shape index (κ2) is 7.98. The molecule has 1 fully saturated rings. The Morgan fingerprint density at radius 1 is 1.13 bits per heavy atom. The lowest BCUT2D eigenvalue weighted by Crippen LogP contribution is -2.26. The van der Waals surface area contributed by atoms with E-state index in [1.54, 1.807) is 36.6 Å². The predicted molar refractivity (Wildman–Crippen MR) is 119 cm³/mol. The van der Waals surface area contributed by atoms with E-state index in [4.69, 9.17) is 0 Å². The number of pyridine rings is 1. The van der Waals surface area contributed by atoms with Gasteiger partial charge in [-0.25, -0.2) is 4.98 Å². The number of carbonyl (C=O) groups excluding carboxylic acids is 1. The number of hydrogen-bond acceptors (Lipinski definition) is 4. The number of rotatable bonds is 4. The number of benzene rings is 1. The maximum atomic E-state index is 13.1. The molecule has 3 aromatic heterocycles. The van der Waals surface area contributed by atoms with E-state index in [0.29, 0.717) is 29.1 Å². The van der Waals surface area contributed by atoms with Crippen LogP contribution in [0.25, 0.3) is 16.6 Å². The first-order valence-corrected chi connectivity index (χ1v) is 10.8. The summed E-state index contributed by atoms with van der Waals surface area (Å²) in [5.41, 5.74) is 3.50. The summed E-state index contributed by atoms with van der Waals surface area (Å²) >= 11 is 0. The number of amides is 1. The van der Waals surface area contributed by atoms with Crippen LogP contribution in [0.2, 0.25) is 0 Å². The topological polar surface area (TPSA) is 83.4 Å². The van der Waals surface area contributed by atoms with Gasteiger partial charge < -0.3 is 9.88 Å². The lowest BCUT2D eigenvalue weighted by atomic mass is 9.88. The molecular formula is C24H25N5O2. The number of aromatic nitrogens is 4. The molecule has 0 spiro atoms. The van der Waals surface area contributed by atoms with Gasteiger partial charge in [0.1, 0.15) is 11.3 Å². The average Bonchev–Trinajstić information content (AvgIpc) is 3.26. The highest BCUT2D eigenvalue weighted by molar-refractivity contribution is 5.97. The van der Waals surface area contributed by atoms with Crippen LogP contribution in [0.5, 0.6) is 0 Å². The zero-order valence-electron chi connectivity index (χ0n) is 17.5. The fourth-order valence-electron chi connectivity index (χ4n) is 4.62. The molecular weight excluding hydrogens is 390 g/mol. The molecule has 158 valence electrons. The van der Waals surface area contributed by atoms with Gasteiger partial charge in [0.2, 0.25) is 0 Å². The van der Waals surface area contributed by atoms with Crippen molar-refractivity contribution in [2.24, 2.45) is 0 Å². The second-order valence-corrected chi connectivity index (χ2v) is 8.37. The standard InChI is InChI=1S/C24H25N5O2/c1-28(15-16-9-11-25-12-10-16)24(31)18-7-8-19-20(13-18)29-21(23(30)27-19)14-26-22(29)17-5-3-2-4-6-17/h7-14,17H,2-6,15H2,1H3,(H,27,30). The molecule has 5 rings (SSSR count). The van der Waals surface area contributed by atoms with Crippen molar-refractivity contribution < 1.29 is 4.79 Å². The van der Waals surface area contributed by atoms with Gasteiger partial charge in [-0.15, -0.1) is 0 Å². The van der Waals surface area contributed by atoms with Crippen LogP contribution in [0.3, 0.4) is 0 Å². The van der Waals surface area contributed by atoms with Crippen molar-refractivity contribution in [2.45, 2.75) is 44.6 Å². The van der Waals surface area contributed by atoms with E-state index >= 15 is 0 Å². The zero-order chi connectivity index (χ0) is 21.4. The van der Waals surface area contributed by atoms with Crippen LogP contribution in [0.15, 0.2) is 53.7 Å². The number of nitrogens with one attached hydrogen (secondary N) is 1. The first kappa shape index (κ1) is 19.5. The van der Waals surface area contributed by atoms with Crippen LogP contribution in [-0.2, 0) is 6.54 Å². The van der Waals surface area contributed by atoms with Crippen molar-refractivity contribution in [3.05, 3.63) is 76.2 Å². The molecule has 3 heterocycles. The van der Waals surface area contributed by atoms with Crippen molar-refractivity contribution in [2.75, 3.05) is 7.05 Å². The minimum absolute atomic E-state index is 0.0719. The maximum absolute atomic E-state index is 13.1. The molecule has 1 aromatic carbocycles. The molecule has 0 radical (unpaired) electrons. The highest BCUT2D eigenvalue weighted by Crippen LogP contribution is 2.33. The fraction of sp³-hybridized carbons (Fsp3) is 0.333. The minimum Gasteiger partial charge on any atom is -0.337 e. The van der Waals surface area contributed by atoms with E-state index in [0.717, 1.165) is 29.7 Å². The molecule has 1 amide bonds. The van der Waals surface area contributed by atoms with Crippen LogP contribution in [0, 0.1) is 0 Å². The normalized spacial score (nSPS) is 14.9. The quantitative estimate of drug-likeness (QED) is 0.548. The Bertz CT molecular complexity index is 1300. The van der Waals surface area contributed by atoms with E-state index in [1.165, 1.54) is 19.3 Å². The third-order valence-electron chi connectivity index (χ3n) is 6.24. The molecule has 4 aromatic rings. The molecule has 1 aliphatic carbocycles. The summed E-state index contributed by atoms with van der Waals surface area (Å²) in [6.07, 6.45) is 10.9. The average molecular weight is 415 g/mol. The van der Waals surface area contributed by atoms with Gasteiger partial charge in [-0.05, 0) is 48.7 Å². The summed E-state index contributed by atoms with van der Waals surface area (Å²) in [4.78, 5) is 39.0. The Hall–Kier alpha value is -3.48. The first-order valence-electron chi connectivity index (χ1n) is 10.8. The van der Waals surface area contributed by atoms with Crippen LogP contribution in [0.4, 0.5) is 0 Å². The monoisotopic (exact) mass is 415 g/mol. The molecule has 7 heteroatoms. The third-order valence-corrected chi connectivity index (χ3v) is 6.24. The van der Waals surface area contributed by atoms with Gasteiger partial charge in [0, 0.05) is 37.5 Å². The van der Waals surface area contributed by atoms with Gasteiger partial charge in [0.05, 0.1) is 17.2 Å². The van der Waals surface area contributed by atoms with Gasteiger partial charge in [0.25, 0.3) is 11.5 Å². The molecule has 1 N–H and O–H groups in total. The van der Waals surface area contributed by atoms with Crippen molar-refractivity contribution in [3.63, 3.8) is 0 Å². The summed E-state index contributed by atoms with van der Waals surface area (Å²) in [7, 11) is 1.79. The summed E-state index contributed by atoms with van der Waals surface area (Å²) in [6.45, 7) is 0.499. The number of aromatic amines is 1. The molecule has 31 heavy (non-hydrogen) atoms. The maximum Gasteiger partial charge on any atom is 0.274 e. The number of nitrogens with zero attached hydrogens (tertiary/aromatic N) is 4. The fourth-order valence-corrected chi connectivity index (χ4v) is 4.62. The predicted octanol–water partition coefficient (Wildman–Crippen LogP) is 3.89. The largest absolute Gasteiger partial charge is 0.337 e. The van der Waals surface area contributed by atoms with Crippen molar-refractivity contribution in [1.82, 2.24) is 24.3 Å². The molecule has 7 nitrogen and oxygen atoms in total. The van der Waals surface area contributed by atoms with Crippen molar-refractivity contribution in [3.8, 4) is 0 Å². The van der Waals surface area contributed by atoms with E-state index < -0.39 is 0 Å². The molecule has 1 saturated carbocycles. The van der Waals surface area contributed by atoms with Crippen LogP contribution >= 0.6 is 0 Å². The number of fused-ring (bicyclic) bond motifs is 3. The Morgan fingerprint density at radius 3 is 2.68 bits per heavy atom. The number of imidazole rings is 1. The third kappa shape index (κ3) is 3.60. The zero-order valence-corrected chi connectivity index (χ0v) is 17.5. The Morgan fingerprint density at radius 2 is 1.90 bits per heavy atom.